The standard InChI is InChI=1S/C26H59N3OSi/c1-10-18-27(15-6)21-26(22-28(16-7)19-11-2,23-29(17-8)20-12-3)24-31-30-25(9,13-4)14-5/h10-24,31H2,1-9H3. The van der Waals surface area contributed by atoms with Gasteiger partial charge in [0.05, 0.1) is 5.60 Å². The molecule has 0 unspecified atom stereocenters. The van der Waals surface area contributed by atoms with E-state index in [0.717, 1.165) is 32.5 Å². The maximum atomic E-state index is 6.69. The SMILES string of the molecule is CCCN(CC)CC(C[SiH2]OC(C)(CC)CC)(CN(CC)CCC)CN(CC)CCC. The van der Waals surface area contributed by atoms with Gasteiger partial charge in [-0.05, 0) is 84.3 Å². The van der Waals surface area contributed by atoms with E-state index in [9.17, 15) is 0 Å². The van der Waals surface area contributed by atoms with E-state index >= 15 is 0 Å². The zero-order valence-corrected chi connectivity index (χ0v) is 24.5. The maximum absolute atomic E-state index is 6.69. The summed E-state index contributed by atoms with van der Waals surface area (Å²) in [6.07, 6.45) is 5.95. The van der Waals surface area contributed by atoms with Gasteiger partial charge in [-0.15, -0.1) is 0 Å². The second kappa shape index (κ2) is 17.5. The molecule has 4 nitrogen and oxygen atoms in total. The third kappa shape index (κ3) is 12.2. The highest BCUT2D eigenvalue weighted by Gasteiger charge is 2.36. The van der Waals surface area contributed by atoms with Gasteiger partial charge in [0.1, 0.15) is 0 Å². The molecule has 0 amide bonds. The molecule has 5 heteroatoms. The largest absolute Gasteiger partial charge is 0.419 e. The zero-order chi connectivity index (χ0) is 23.8. The van der Waals surface area contributed by atoms with Crippen LogP contribution in [0.25, 0.3) is 0 Å². The van der Waals surface area contributed by atoms with E-state index in [1.807, 2.05) is 0 Å². The molecule has 0 saturated carbocycles. The van der Waals surface area contributed by atoms with Gasteiger partial charge in [-0.2, -0.15) is 0 Å². The van der Waals surface area contributed by atoms with Gasteiger partial charge in [0.2, 0.25) is 0 Å². The highest BCUT2D eigenvalue weighted by Crippen LogP contribution is 2.30. The van der Waals surface area contributed by atoms with Gasteiger partial charge < -0.3 is 19.1 Å². The summed E-state index contributed by atoms with van der Waals surface area (Å²) in [7, 11) is -0.593. The van der Waals surface area contributed by atoms with Crippen LogP contribution in [0.2, 0.25) is 6.04 Å². The van der Waals surface area contributed by atoms with Crippen molar-refractivity contribution in [1.82, 2.24) is 14.7 Å². The molecule has 31 heavy (non-hydrogen) atoms. The Balaban J connectivity index is 5.85. The van der Waals surface area contributed by atoms with E-state index in [2.05, 4.69) is 77.0 Å². The minimum atomic E-state index is -0.593. The molecule has 0 saturated heterocycles. The van der Waals surface area contributed by atoms with Crippen molar-refractivity contribution in [1.29, 1.82) is 0 Å². The Morgan fingerprint density at radius 2 is 0.968 bits per heavy atom. The Labute approximate surface area is 199 Å². The van der Waals surface area contributed by atoms with Crippen LogP contribution in [0.5, 0.6) is 0 Å². The molecule has 0 aromatic carbocycles. The predicted octanol–water partition coefficient (Wildman–Crippen LogP) is 5.27. The molecular formula is C26H59N3OSi. The van der Waals surface area contributed by atoms with Crippen molar-refractivity contribution in [2.45, 2.75) is 106 Å². The first kappa shape index (κ1) is 31.1. The molecule has 0 aliphatic rings. The summed E-state index contributed by atoms with van der Waals surface area (Å²) in [5.74, 6) is 0. The summed E-state index contributed by atoms with van der Waals surface area (Å²) >= 11 is 0. The number of hydrogen-bond donors (Lipinski definition) is 0. The minimum absolute atomic E-state index is 0.0769. The first-order valence-corrected chi connectivity index (χ1v) is 15.2. The first-order valence-electron chi connectivity index (χ1n) is 13.6. The number of rotatable bonds is 21. The normalized spacial score (nSPS) is 13.5. The van der Waals surface area contributed by atoms with Gasteiger partial charge in [-0.1, -0.05) is 55.4 Å². The minimum Gasteiger partial charge on any atom is -0.419 e. The lowest BCUT2D eigenvalue weighted by atomic mass is 9.87. The maximum Gasteiger partial charge on any atom is 0.163 e. The van der Waals surface area contributed by atoms with E-state index in [1.165, 1.54) is 64.6 Å². The molecule has 0 fully saturated rings. The Kier molecular flexibility index (Phi) is 17.6. The molecule has 0 aliphatic carbocycles. The lowest BCUT2D eigenvalue weighted by molar-refractivity contribution is 0.0557. The van der Waals surface area contributed by atoms with Gasteiger partial charge in [0.15, 0.2) is 9.76 Å². The van der Waals surface area contributed by atoms with E-state index in [-0.39, 0.29) is 5.60 Å². The van der Waals surface area contributed by atoms with Gasteiger partial charge in [0, 0.05) is 25.0 Å². The van der Waals surface area contributed by atoms with Crippen LogP contribution >= 0.6 is 0 Å². The van der Waals surface area contributed by atoms with Crippen LogP contribution in [-0.2, 0) is 4.43 Å². The summed E-state index contributed by atoms with van der Waals surface area (Å²) in [6.45, 7) is 31.6. The molecular weight excluding hydrogens is 398 g/mol. The second-order valence-corrected chi connectivity index (χ2v) is 11.1. The zero-order valence-electron chi connectivity index (χ0n) is 23.1. The number of hydrogen-bond acceptors (Lipinski definition) is 4. The molecule has 0 aromatic heterocycles. The molecule has 188 valence electrons. The summed E-state index contributed by atoms with van der Waals surface area (Å²) in [5, 5.41) is 0. The lowest BCUT2D eigenvalue weighted by Crippen LogP contribution is -2.53. The summed E-state index contributed by atoms with van der Waals surface area (Å²) in [6, 6.07) is 1.28. The summed E-state index contributed by atoms with van der Waals surface area (Å²) in [5.41, 5.74) is 0.379. The highest BCUT2D eigenvalue weighted by molar-refractivity contribution is 6.27. The quantitative estimate of drug-likeness (QED) is 0.219. The van der Waals surface area contributed by atoms with Crippen LogP contribution in [0.1, 0.15) is 94.4 Å². The van der Waals surface area contributed by atoms with Crippen molar-refractivity contribution < 1.29 is 4.43 Å². The van der Waals surface area contributed by atoms with Crippen LogP contribution in [0.4, 0.5) is 0 Å². The van der Waals surface area contributed by atoms with Crippen LogP contribution in [0.15, 0.2) is 0 Å². The molecule has 0 spiro atoms. The van der Waals surface area contributed by atoms with Crippen molar-refractivity contribution >= 4 is 9.76 Å². The van der Waals surface area contributed by atoms with Gasteiger partial charge >= 0.3 is 0 Å². The fourth-order valence-corrected chi connectivity index (χ4v) is 6.68. The van der Waals surface area contributed by atoms with Crippen molar-refractivity contribution in [3.05, 3.63) is 0 Å². The summed E-state index contributed by atoms with van der Waals surface area (Å²) in [4.78, 5) is 8.15. The van der Waals surface area contributed by atoms with Crippen LogP contribution in [0.3, 0.4) is 0 Å². The monoisotopic (exact) mass is 457 g/mol. The topological polar surface area (TPSA) is 19.0 Å². The smallest absolute Gasteiger partial charge is 0.163 e. The van der Waals surface area contributed by atoms with Crippen molar-refractivity contribution in [2.75, 3.05) is 58.9 Å². The van der Waals surface area contributed by atoms with Gasteiger partial charge in [0.25, 0.3) is 0 Å². The van der Waals surface area contributed by atoms with E-state index in [1.54, 1.807) is 0 Å². The fraction of sp³-hybridized carbons (Fsp3) is 1.00. The predicted molar refractivity (Wildman–Crippen MR) is 143 cm³/mol. The Bertz CT molecular complexity index is 377. The second-order valence-electron chi connectivity index (χ2n) is 9.86. The van der Waals surface area contributed by atoms with Gasteiger partial charge in [-0.3, -0.25) is 0 Å². The Morgan fingerprint density at radius 3 is 1.23 bits per heavy atom. The average molecular weight is 458 g/mol. The third-order valence-corrected chi connectivity index (χ3v) is 9.38. The van der Waals surface area contributed by atoms with Crippen LogP contribution < -0.4 is 0 Å². The van der Waals surface area contributed by atoms with E-state index in [4.69, 9.17) is 4.43 Å². The van der Waals surface area contributed by atoms with Crippen molar-refractivity contribution in [3.8, 4) is 0 Å². The lowest BCUT2D eigenvalue weighted by Gasteiger charge is -2.45. The highest BCUT2D eigenvalue weighted by atomic mass is 28.2. The van der Waals surface area contributed by atoms with Crippen LogP contribution in [-0.4, -0.2) is 89.0 Å². The molecule has 0 heterocycles. The molecule has 0 aromatic rings. The summed E-state index contributed by atoms with van der Waals surface area (Å²) < 4.78 is 6.69. The molecule has 0 N–H and O–H groups in total. The van der Waals surface area contributed by atoms with Crippen molar-refractivity contribution in [2.24, 2.45) is 5.41 Å². The third-order valence-electron chi connectivity index (χ3n) is 7.22. The average Bonchev–Trinajstić information content (AvgIpc) is 2.77. The molecule has 0 radical (unpaired) electrons. The van der Waals surface area contributed by atoms with E-state index < -0.39 is 9.76 Å². The van der Waals surface area contributed by atoms with Crippen molar-refractivity contribution in [3.63, 3.8) is 0 Å². The Hall–Kier alpha value is 0.0569. The van der Waals surface area contributed by atoms with E-state index in [0.29, 0.717) is 5.41 Å². The Morgan fingerprint density at radius 1 is 0.613 bits per heavy atom. The first-order chi connectivity index (χ1) is 14.8. The fourth-order valence-electron chi connectivity index (χ4n) is 4.77. The molecule has 0 bridgehead atoms. The van der Waals surface area contributed by atoms with Crippen LogP contribution in [0, 0.1) is 5.41 Å². The molecule has 0 aliphatic heterocycles. The molecule has 0 atom stereocenters. The number of nitrogens with zero attached hydrogens (tertiary/aromatic N) is 3. The molecule has 0 rings (SSSR count). The van der Waals surface area contributed by atoms with Gasteiger partial charge in [-0.25, -0.2) is 0 Å².